The molecule has 0 bridgehead atoms. The number of nitrogens with zero attached hydrogens (tertiary/aromatic N) is 3. The van der Waals surface area contributed by atoms with Gasteiger partial charge in [-0.2, -0.15) is 5.10 Å². The summed E-state index contributed by atoms with van der Waals surface area (Å²) in [6.45, 7) is 0. The maximum atomic E-state index is 4.30. The van der Waals surface area contributed by atoms with Gasteiger partial charge in [-0.25, -0.2) is 4.98 Å². The summed E-state index contributed by atoms with van der Waals surface area (Å²) < 4.78 is 4.06. The van der Waals surface area contributed by atoms with Gasteiger partial charge in [-0.3, -0.25) is 4.68 Å². The highest BCUT2D eigenvalue weighted by molar-refractivity contribution is 14.1. The zero-order chi connectivity index (χ0) is 12.4. The number of hydrogen-bond acceptors (Lipinski definition) is 3. The van der Waals surface area contributed by atoms with Crippen LogP contribution in [0.5, 0.6) is 0 Å². The van der Waals surface area contributed by atoms with Crippen LogP contribution in [-0.4, -0.2) is 21.8 Å². The van der Waals surface area contributed by atoms with E-state index in [0.29, 0.717) is 0 Å². The van der Waals surface area contributed by atoms with Crippen LogP contribution in [0.3, 0.4) is 0 Å². The zero-order valence-electron chi connectivity index (χ0n) is 9.48. The lowest BCUT2D eigenvalue weighted by Crippen LogP contribution is -2.22. The van der Waals surface area contributed by atoms with Crippen molar-refractivity contribution in [2.24, 2.45) is 7.05 Å². The van der Waals surface area contributed by atoms with E-state index in [9.17, 15) is 0 Å². The Bertz CT molecular complexity index is 526. The average molecular weight is 407 g/mol. The van der Waals surface area contributed by atoms with Gasteiger partial charge >= 0.3 is 0 Å². The number of halogens is 2. The van der Waals surface area contributed by atoms with Gasteiger partial charge in [0.1, 0.15) is 12.2 Å². The Morgan fingerprint density at radius 1 is 1.47 bits per heavy atom. The maximum absolute atomic E-state index is 4.30. The van der Waals surface area contributed by atoms with E-state index in [1.54, 1.807) is 11.0 Å². The van der Waals surface area contributed by atoms with Crippen LogP contribution in [0, 0.1) is 3.57 Å². The van der Waals surface area contributed by atoms with Crippen LogP contribution < -0.4 is 5.32 Å². The minimum Gasteiger partial charge on any atom is -0.307 e. The molecular weight excluding hydrogens is 395 g/mol. The molecule has 4 nitrogen and oxygen atoms in total. The molecular formula is C11H12BrIN4. The second-order valence-corrected chi connectivity index (χ2v) is 5.71. The van der Waals surface area contributed by atoms with E-state index in [0.717, 1.165) is 10.3 Å². The molecule has 90 valence electrons. The predicted octanol–water partition coefficient (Wildman–Crippen LogP) is 2.49. The largest absolute Gasteiger partial charge is 0.307 e. The normalized spacial score (nSPS) is 12.7. The lowest BCUT2D eigenvalue weighted by molar-refractivity contribution is 0.589. The molecule has 2 rings (SSSR count). The minimum absolute atomic E-state index is 0.0481. The highest BCUT2D eigenvalue weighted by atomic mass is 127. The van der Waals surface area contributed by atoms with Crippen LogP contribution in [0.4, 0.5) is 0 Å². The molecule has 0 saturated heterocycles. The van der Waals surface area contributed by atoms with Gasteiger partial charge in [-0.15, -0.1) is 0 Å². The standard InChI is InChI=1S/C11H12BrIN4/c1-14-10(11-15-6-16-17(11)2)8-5-7(12)3-4-9(8)13/h3-6,10,14H,1-2H3. The number of rotatable bonds is 3. The molecule has 0 aliphatic carbocycles. The van der Waals surface area contributed by atoms with Crippen molar-refractivity contribution < 1.29 is 0 Å². The topological polar surface area (TPSA) is 42.7 Å². The Kier molecular flexibility index (Phi) is 4.16. The average Bonchev–Trinajstić information content (AvgIpc) is 2.71. The van der Waals surface area contributed by atoms with Gasteiger partial charge in [0.2, 0.25) is 0 Å². The highest BCUT2D eigenvalue weighted by Crippen LogP contribution is 2.27. The van der Waals surface area contributed by atoms with Crippen LogP contribution in [0.1, 0.15) is 17.4 Å². The Morgan fingerprint density at radius 3 is 2.82 bits per heavy atom. The predicted molar refractivity (Wildman–Crippen MR) is 78.8 cm³/mol. The fourth-order valence-electron chi connectivity index (χ4n) is 1.73. The van der Waals surface area contributed by atoms with Gasteiger partial charge in [0.15, 0.2) is 0 Å². The minimum atomic E-state index is 0.0481. The molecule has 0 saturated carbocycles. The molecule has 0 aliphatic heterocycles. The molecule has 0 fully saturated rings. The molecule has 2 aromatic rings. The van der Waals surface area contributed by atoms with Gasteiger partial charge < -0.3 is 5.32 Å². The first-order valence-corrected chi connectivity index (χ1v) is 6.96. The van der Waals surface area contributed by atoms with Crippen LogP contribution in [0.15, 0.2) is 29.0 Å². The van der Waals surface area contributed by atoms with Crippen molar-refractivity contribution in [3.63, 3.8) is 0 Å². The lowest BCUT2D eigenvalue weighted by atomic mass is 10.1. The second-order valence-electron chi connectivity index (χ2n) is 3.63. The van der Waals surface area contributed by atoms with E-state index in [1.807, 2.05) is 20.2 Å². The molecule has 1 aromatic carbocycles. The third kappa shape index (κ3) is 2.69. The molecule has 1 atom stereocenters. The summed E-state index contributed by atoms with van der Waals surface area (Å²) in [5, 5.41) is 7.40. The number of nitrogens with one attached hydrogen (secondary N) is 1. The summed E-state index contributed by atoms with van der Waals surface area (Å²) in [4.78, 5) is 4.30. The molecule has 1 aromatic heterocycles. The lowest BCUT2D eigenvalue weighted by Gasteiger charge is -2.17. The molecule has 1 unspecified atom stereocenters. The van der Waals surface area contributed by atoms with E-state index in [2.05, 4.69) is 66.1 Å². The fourth-order valence-corrected chi connectivity index (χ4v) is 2.75. The van der Waals surface area contributed by atoms with E-state index < -0.39 is 0 Å². The van der Waals surface area contributed by atoms with Gasteiger partial charge in [0.05, 0.1) is 6.04 Å². The number of benzene rings is 1. The molecule has 0 radical (unpaired) electrons. The van der Waals surface area contributed by atoms with Crippen molar-refractivity contribution in [2.75, 3.05) is 7.05 Å². The van der Waals surface area contributed by atoms with Crippen molar-refractivity contribution in [3.05, 3.63) is 44.0 Å². The van der Waals surface area contributed by atoms with Gasteiger partial charge in [-0.1, -0.05) is 15.9 Å². The van der Waals surface area contributed by atoms with Crippen molar-refractivity contribution in [3.8, 4) is 0 Å². The van der Waals surface area contributed by atoms with Crippen LogP contribution in [-0.2, 0) is 7.05 Å². The third-order valence-electron chi connectivity index (χ3n) is 2.56. The summed E-state index contributed by atoms with van der Waals surface area (Å²) in [5.74, 6) is 0.906. The molecule has 0 amide bonds. The fraction of sp³-hybridized carbons (Fsp3) is 0.273. The smallest absolute Gasteiger partial charge is 0.148 e. The monoisotopic (exact) mass is 406 g/mol. The second kappa shape index (κ2) is 5.45. The first-order valence-electron chi connectivity index (χ1n) is 5.09. The third-order valence-corrected chi connectivity index (χ3v) is 4.04. The van der Waals surface area contributed by atoms with E-state index >= 15 is 0 Å². The first-order chi connectivity index (χ1) is 8.13. The van der Waals surface area contributed by atoms with Crippen molar-refractivity contribution in [2.45, 2.75) is 6.04 Å². The molecule has 0 spiro atoms. The Morgan fingerprint density at radius 2 is 2.24 bits per heavy atom. The summed E-state index contributed by atoms with van der Waals surface area (Å²) in [6.07, 6.45) is 1.57. The molecule has 0 aliphatic rings. The Labute approximate surface area is 122 Å². The SMILES string of the molecule is CNC(c1cc(Br)ccc1I)c1ncnn1C. The number of aryl methyl sites for hydroxylation is 1. The van der Waals surface area contributed by atoms with Crippen LogP contribution >= 0.6 is 38.5 Å². The molecule has 1 N–H and O–H groups in total. The molecule has 17 heavy (non-hydrogen) atoms. The van der Waals surface area contributed by atoms with Crippen LogP contribution in [0.25, 0.3) is 0 Å². The summed E-state index contributed by atoms with van der Waals surface area (Å²) in [6, 6.07) is 6.28. The number of aromatic nitrogens is 3. The zero-order valence-corrected chi connectivity index (χ0v) is 13.2. The first kappa shape index (κ1) is 13.0. The summed E-state index contributed by atoms with van der Waals surface area (Å²) >= 11 is 5.84. The van der Waals surface area contributed by atoms with Crippen LogP contribution in [0.2, 0.25) is 0 Å². The quantitative estimate of drug-likeness (QED) is 0.796. The molecule has 6 heteroatoms. The molecule has 1 heterocycles. The van der Waals surface area contributed by atoms with Crippen molar-refractivity contribution in [1.29, 1.82) is 0 Å². The van der Waals surface area contributed by atoms with E-state index in [4.69, 9.17) is 0 Å². The summed E-state index contributed by atoms with van der Waals surface area (Å²) in [5.41, 5.74) is 1.19. The number of hydrogen-bond donors (Lipinski definition) is 1. The van der Waals surface area contributed by atoms with Crippen molar-refractivity contribution >= 4 is 38.5 Å². The maximum Gasteiger partial charge on any atom is 0.148 e. The Balaban J connectivity index is 2.49. The Hall–Kier alpha value is -0.470. The highest BCUT2D eigenvalue weighted by Gasteiger charge is 2.19. The van der Waals surface area contributed by atoms with E-state index in [1.165, 1.54) is 9.13 Å². The van der Waals surface area contributed by atoms with Gasteiger partial charge in [-0.05, 0) is 53.4 Å². The van der Waals surface area contributed by atoms with Gasteiger partial charge in [0, 0.05) is 15.1 Å². The summed E-state index contributed by atoms with van der Waals surface area (Å²) in [7, 11) is 3.83. The van der Waals surface area contributed by atoms with E-state index in [-0.39, 0.29) is 6.04 Å². The van der Waals surface area contributed by atoms with Gasteiger partial charge in [0.25, 0.3) is 0 Å². The van der Waals surface area contributed by atoms with Crippen molar-refractivity contribution in [1.82, 2.24) is 20.1 Å².